The first kappa shape index (κ1) is 23.0. The molecule has 10 heteroatoms. The van der Waals surface area contributed by atoms with Gasteiger partial charge in [0.1, 0.15) is 28.7 Å². The smallest absolute Gasteiger partial charge is 0.253 e. The van der Waals surface area contributed by atoms with Crippen molar-refractivity contribution in [3.8, 4) is 5.75 Å². The first-order valence-electron chi connectivity index (χ1n) is 10.4. The molecule has 2 heterocycles. The molecule has 32 heavy (non-hydrogen) atoms. The number of hydrogen-bond donors (Lipinski definition) is 0. The van der Waals surface area contributed by atoms with E-state index < -0.39 is 16.1 Å². The molecule has 0 aliphatic carbocycles. The fourth-order valence-corrected chi connectivity index (χ4v) is 5.81. The lowest BCUT2D eigenvalue weighted by molar-refractivity contribution is -0.149. The highest BCUT2D eigenvalue weighted by atomic mass is 35.5. The van der Waals surface area contributed by atoms with Crippen LogP contribution in [-0.4, -0.2) is 68.5 Å². The van der Waals surface area contributed by atoms with Crippen LogP contribution in [0.1, 0.15) is 12.8 Å². The lowest BCUT2D eigenvalue weighted by Crippen LogP contribution is -2.54. The Balaban J connectivity index is 1.35. The summed E-state index contributed by atoms with van der Waals surface area (Å²) in [5.74, 6) is 0.0346. The van der Waals surface area contributed by atoms with Crippen molar-refractivity contribution in [1.29, 1.82) is 0 Å². The quantitative estimate of drug-likeness (QED) is 0.655. The van der Waals surface area contributed by atoms with Gasteiger partial charge in [0.2, 0.25) is 10.0 Å². The van der Waals surface area contributed by atoms with E-state index in [4.69, 9.17) is 21.1 Å². The van der Waals surface area contributed by atoms with Crippen LogP contribution >= 0.6 is 11.6 Å². The molecule has 7 nitrogen and oxygen atoms in total. The highest BCUT2D eigenvalue weighted by Crippen LogP contribution is 2.26. The van der Waals surface area contributed by atoms with Crippen LogP contribution in [0.25, 0.3) is 0 Å². The average Bonchev–Trinajstić information content (AvgIpc) is 2.81. The molecule has 0 bridgehead atoms. The monoisotopic (exact) mass is 482 g/mol. The predicted octanol–water partition coefficient (Wildman–Crippen LogP) is 2.94. The number of carbonyl (C=O) groups excluding carboxylic acids is 1. The number of rotatable bonds is 5. The number of hydrogen-bond acceptors (Lipinski definition) is 5. The number of piperidine rings is 1. The average molecular weight is 483 g/mol. The zero-order valence-corrected chi connectivity index (χ0v) is 18.9. The molecule has 0 spiro atoms. The molecule has 2 aliphatic heterocycles. The number of carbonyl (C=O) groups is 1. The van der Waals surface area contributed by atoms with E-state index in [0.29, 0.717) is 31.7 Å². The van der Waals surface area contributed by atoms with E-state index in [-0.39, 0.29) is 47.4 Å². The maximum atomic E-state index is 13.0. The summed E-state index contributed by atoms with van der Waals surface area (Å²) in [7, 11) is -3.83. The summed E-state index contributed by atoms with van der Waals surface area (Å²) >= 11 is 6.09. The minimum atomic E-state index is -3.83. The largest absolute Gasteiger partial charge is 0.490 e. The maximum Gasteiger partial charge on any atom is 0.253 e. The molecule has 1 amide bonds. The van der Waals surface area contributed by atoms with Crippen molar-refractivity contribution < 1.29 is 27.1 Å². The van der Waals surface area contributed by atoms with E-state index in [9.17, 15) is 17.6 Å². The molecular weight excluding hydrogens is 459 g/mol. The van der Waals surface area contributed by atoms with Gasteiger partial charge in [-0.05, 0) is 36.4 Å². The molecule has 2 saturated heterocycles. The molecule has 1 atom stereocenters. The van der Waals surface area contributed by atoms with Crippen molar-refractivity contribution >= 4 is 27.5 Å². The number of sulfonamides is 1. The van der Waals surface area contributed by atoms with Crippen molar-refractivity contribution in [3.05, 3.63) is 59.4 Å². The third kappa shape index (κ3) is 5.06. The topological polar surface area (TPSA) is 76.2 Å². The van der Waals surface area contributed by atoms with Gasteiger partial charge in [0.25, 0.3) is 5.91 Å². The molecule has 172 valence electrons. The lowest BCUT2D eigenvalue weighted by atomic mass is 10.1. The summed E-state index contributed by atoms with van der Waals surface area (Å²) in [4.78, 5) is 14.7. The highest BCUT2D eigenvalue weighted by molar-refractivity contribution is 7.89. The summed E-state index contributed by atoms with van der Waals surface area (Å²) < 4.78 is 51.8. The third-order valence-corrected chi connectivity index (χ3v) is 7.99. The Kier molecular flexibility index (Phi) is 6.99. The van der Waals surface area contributed by atoms with Gasteiger partial charge < -0.3 is 14.4 Å². The van der Waals surface area contributed by atoms with Gasteiger partial charge >= 0.3 is 0 Å². The molecule has 0 unspecified atom stereocenters. The minimum absolute atomic E-state index is 0.0218. The zero-order chi connectivity index (χ0) is 22.7. The molecule has 0 aromatic heterocycles. The molecule has 2 aromatic carbocycles. The summed E-state index contributed by atoms with van der Waals surface area (Å²) in [6.07, 6.45) is 0.305. The Bertz CT molecular complexity index is 1060. The van der Waals surface area contributed by atoms with Crippen LogP contribution in [0.2, 0.25) is 5.02 Å². The Labute approximate surface area is 191 Å². The number of ether oxygens (including phenoxy) is 2. The standard InChI is InChI=1S/C22H24ClFN2O5S/c23-19-3-1-2-4-21(19)32(28,29)26-13-14-30-20(15-26)22(27)25-11-9-18(10-12-25)31-17-7-5-16(24)6-8-17/h1-8,18,20H,9-15H2/t20-/m0/s1. The normalized spacial score (nSPS) is 20.8. The number of halogens is 2. The summed E-state index contributed by atoms with van der Waals surface area (Å²) in [6.45, 7) is 1.18. The van der Waals surface area contributed by atoms with E-state index in [0.717, 1.165) is 0 Å². The second-order valence-corrected chi connectivity index (χ2v) is 10.1. The van der Waals surface area contributed by atoms with Gasteiger partial charge in [-0.1, -0.05) is 23.7 Å². The first-order chi connectivity index (χ1) is 15.3. The Hall–Kier alpha value is -2.20. The first-order valence-corrected chi connectivity index (χ1v) is 12.2. The molecule has 4 rings (SSSR count). The Morgan fingerprint density at radius 3 is 2.44 bits per heavy atom. The molecule has 2 fully saturated rings. The molecule has 2 aliphatic rings. The third-order valence-electron chi connectivity index (χ3n) is 5.63. The van der Waals surface area contributed by atoms with Gasteiger partial charge in [-0.25, -0.2) is 12.8 Å². The Morgan fingerprint density at radius 1 is 1.06 bits per heavy atom. The van der Waals surface area contributed by atoms with Crippen molar-refractivity contribution in [2.45, 2.75) is 29.9 Å². The maximum absolute atomic E-state index is 13.0. The number of likely N-dealkylation sites (tertiary alicyclic amines) is 1. The van der Waals surface area contributed by atoms with E-state index >= 15 is 0 Å². The SMILES string of the molecule is O=C([C@@H]1CN(S(=O)(=O)c2ccccc2Cl)CCO1)N1CCC(Oc2ccc(F)cc2)CC1. The van der Waals surface area contributed by atoms with Gasteiger partial charge in [-0.2, -0.15) is 4.31 Å². The number of benzene rings is 2. The van der Waals surface area contributed by atoms with Crippen LogP contribution in [0.15, 0.2) is 53.4 Å². The highest BCUT2D eigenvalue weighted by Gasteiger charge is 2.37. The van der Waals surface area contributed by atoms with Crippen molar-refractivity contribution in [2.24, 2.45) is 0 Å². The number of amides is 1. The molecular formula is C22H24ClFN2O5S. The van der Waals surface area contributed by atoms with Gasteiger partial charge in [0, 0.05) is 39.0 Å². The van der Waals surface area contributed by atoms with E-state index in [1.807, 2.05) is 0 Å². The van der Waals surface area contributed by atoms with Crippen molar-refractivity contribution in [1.82, 2.24) is 9.21 Å². The van der Waals surface area contributed by atoms with Gasteiger partial charge in [0.15, 0.2) is 0 Å². The summed E-state index contributed by atoms with van der Waals surface area (Å²) in [5.41, 5.74) is 0. The molecule has 0 radical (unpaired) electrons. The van der Waals surface area contributed by atoms with Crippen LogP contribution < -0.4 is 4.74 Å². The number of morpholine rings is 1. The van der Waals surface area contributed by atoms with Crippen LogP contribution in [0, 0.1) is 5.82 Å². The second kappa shape index (κ2) is 9.74. The fourth-order valence-electron chi connectivity index (χ4n) is 3.89. The zero-order valence-electron chi connectivity index (χ0n) is 17.3. The minimum Gasteiger partial charge on any atom is -0.490 e. The van der Waals surface area contributed by atoms with E-state index in [1.165, 1.54) is 28.6 Å². The van der Waals surface area contributed by atoms with Crippen LogP contribution in [0.4, 0.5) is 4.39 Å². The van der Waals surface area contributed by atoms with Crippen molar-refractivity contribution in [3.63, 3.8) is 0 Å². The summed E-state index contributed by atoms with van der Waals surface area (Å²) in [6, 6.07) is 12.1. The summed E-state index contributed by atoms with van der Waals surface area (Å²) in [5, 5.41) is 0.144. The van der Waals surface area contributed by atoms with Crippen LogP contribution in [0.3, 0.4) is 0 Å². The predicted molar refractivity (Wildman–Crippen MR) is 117 cm³/mol. The molecule has 0 N–H and O–H groups in total. The lowest BCUT2D eigenvalue weighted by Gasteiger charge is -2.37. The van der Waals surface area contributed by atoms with Gasteiger partial charge in [-0.3, -0.25) is 4.79 Å². The van der Waals surface area contributed by atoms with Crippen LogP contribution in [-0.2, 0) is 19.6 Å². The van der Waals surface area contributed by atoms with Gasteiger partial charge in [-0.15, -0.1) is 0 Å². The van der Waals surface area contributed by atoms with Crippen LogP contribution in [0.5, 0.6) is 5.75 Å². The van der Waals surface area contributed by atoms with Gasteiger partial charge in [0.05, 0.1) is 11.6 Å². The van der Waals surface area contributed by atoms with E-state index in [1.54, 1.807) is 29.2 Å². The van der Waals surface area contributed by atoms with E-state index in [2.05, 4.69) is 0 Å². The fraction of sp³-hybridized carbons (Fsp3) is 0.409. The second-order valence-electron chi connectivity index (χ2n) is 7.75. The molecule has 2 aromatic rings. The molecule has 0 saturated carbocycles. The van der Waals surface area contributed by atoms with Crippen molar-refractivity contribution in [2.75, 3.05) is 32.8 Å². The Morgan fingerprint density at radius 2 is 1.75 bits per heavy atom. The number of nitrogens with zero attached hydrogens (tertiary/aromatic N) is 2.